The van der Waals surface area contributed by atoms with Gasteiger partial charge >= 0.3 is 0 Å². The van der Waals surface area contributed by atoms with Crippen molar-refractivity contribution in [2.75, 3.05) is 11.4 Å². The van der Waals surface area contributed by atoms with Crippen molar-refractivity contribution in [2.45, 2.75) is 58.3 Å². The Kier molecular flexibility index (Phi) is 5.22. The van der Waals surface area contributed by atoms with Crippen LogP contribution in [0.5, 0.6) is 0 Å². The van der Waals surface area contributed by atoms with Gasteiger partial charge in [0.25, 0.3) is 0 Å². The Morgan fingerprint density at radius 2 is 1.64 bits per heavy atom. The molecular formula is C19H29NO2. The number of carbonyl (C=O) groups excluding carboxylic acids is 1. The second-order valence-corrected chi connectivity index (χ2v) is 7.48. The van der Waals surface area contributed by atoms with Crippen molar-refractivity contribution >= 4 is 12.3 Å². The molecule has 1 aromatic heterocycles. The Labute approximate surface area is 134 Å². The van der Waals surface area contributed by atoms with Gasteiger partial charge in [-0.1, -0.05) is 13.3 Å². The maximum absolute atomic E-state index is 10.6. The molecule has 122 valence electrons. The van der Waals surface area contributed by atoms with Crippen molar-refractivity contribution in [3.05, 3.63) is 18.4 Å². The minimum absolute atomic E-state index is 0.624. The minimum Gasteiger partial charge on any atom is -0.448 e. The molecule has 4 bridgehead atoms. The van der Waals surface area contributed by atoms with Gasteiger partial charge in [-0.15, -0.1) is 0 Å². The van der Waals surface area contributed by atoms with Crippen LogP contribution in [0.2, 0.25) is 0 Å². The van der Waals surface area contributed by atoms with Crippen molar-refractivity contribution in [1.29, 1.82) is 0 Å². The summed E-state index contributed by atoms with van der Waals surface area (Å²) < 4.78 is 5.08. The molecule has 0 radical (unpaired) electrons. The third-order valence-electron chi connectivity index (χ3n) is 5.67. The predicted molar refractivity (Wildman–Crippen MR) is 88.7 cm³/mol. The normalized spacial score (nSPS) is 31.5. The Hall–Kier alpha value is -1.25. The molecule has 1 amide bonds. The number of rotatable bonds is 5. The SMILES string of the molecule is C1C2CC3CC1CC(C2)C3.CCCCN(C=O)c1ccco1. The van der Waals surface area contributed by atoms with Crippen molar-refractivity contribution in [3.8, 4) is 0 Å². The first kappa shape index (κ1) is 15.6. The molecule has 0 spiro atoms. The summed E-state index contributed by atoms with van der Waals surface area (Å²) in [6.45, 7) is 2.82. The van der Waals surface area contributed by atoms with Crippen LogP contribution in [0.15, 0.2) is 22.8 Å². The van der Waals surface area contributed by atoms with Crippen LogP contribution in [-0.2, 0) is 4.79 Å². The summed E-state index contributed by atoms with van der Waals surface area (Å²) in [6, 6.07) is 3.56. The van der Waals surface area contributed by atoms with Crippen molar-refractivity contribution in [2.24, 2.45) is 23.7 Å². The molecule has 1 aromatic rings. The molecule has 4 fully saturated rings. The molecule has 22 heavy (non-hydrogen) atoms. The molecule has 4 aliphatic carbocycles. The zero-order valence-electron chi connectivity index (χ0n) is 13.7. The third-order valence-corrected chi connectivity index (χ3v) is 5.67. The number of anilines is 1. The van der Waals surface area contributed by atoms with Gasteiger partial charge in [-0.3, -0.25) is 9.69 Å². The molecule has 3 nitrogen and oxygen atoms in total. The third kappa shape index (κ3) is 3.74. The number of unbranched alkanes of at least 4 members (excludes halogenated alkanes) is 1. The molecule has 0 aromatic carbocycles. The molecule has 3 heteroatoms. The Bertz CT molecular complexity index is 397. The highest BCUT2D eigenvalue weighted by atomic mass is 16.3. The monoisotopic (exact) mass is 303 g/mol. The fourth-order valence-corrected chi connectivity index (χ4v) is 4.96. The van der Waals surface area contributed by atoms with E-state index < -0.39 is 0 Å². The maximum Gasteiger partial charge on any atom is 0.216 e. The summed E-state index contributed by atoms with van der Waals surface area (Å²) in [6.07, 6.45) is 14.1. The predicted octanol–water partition coefficient (Wildman–Crippen LogP) is 4.88. The van der Waals surface area contributed by atoms with Gasteiger partial charge in [-0.05, 0) is 74.7 Å². The van der Waals surface area contributed by atoms with E-state index in [1.54, 1.807) is 61.8 Å². The molecule has 0 N–H and O–H groups in total. The van der Waals surface area contributed by atoms with Crippen LogP contribution in [0.25, 0.3) is 0 Å². The van der Waals surface area contributed by atoms with Gasteiger partial charge in [0.1, 0.15) is 0 Å². The molecule has 0 aliphatic heterocycles. The van der Waals surface area contributed by atoms with E-state index in [2.05, 4.69) is 6.92 Å². The highest BCUT2D eigenvalue weighted by Gasteiger charge is 2.41. The minimum atomic E-state index is 0.624. The summed E-state index contributed by atoms with van der Waals surface area (Å²) in [7, 11) is 0. The molecule has 0 unspecified atom stereocenters. The Morgan fingerprint density at radius 1 is 1.09 bits per heavy atom. The maximum atomic E-state index is 10.6. The number of carbonyl (C=O) groups is 1. The van der Waals surface area contributed by atoms with Crippen LogP contribution in [0.4, 0.5) is 5.88 Å². The summed E-state index contributed by atoms with van der Waals surface area (Å²) in [5.41, 5.74) is 0. The van der Waals surface area contributed by atoms with E-state index in [-0.39, 0.29) is 0 Å². The topological polar surface area (TPSA) is 33.5 Å². The standard InChI is InChI=1S/C10H16.C9H13NO2/c1-7-2-9-4-8(1)5-10(3-7)6-9;1-2-3-6-10(8-11)9-5-4-7-12-9/h7-10H,1-6H2;4-5,7-8H,2-3,6H2,1H3. The zero-order chi connectivity index (χ0) is 15.4. The first-order valence-electron chi connectivity index (χ1n) is 9.03. The first-order valence-corrected chi connectivity index (χ1v) is 9.03. The van der Waals surface area contributed by atoms with Gasteiger partial charge in [0, 0.05) is 12.6 Å². The van der Waals surface area contributed by atoms with Gasteiger partial charge in [-0.2, -0.15) is 0 Å². The average molecular weight is 303 g/mol. The fraction of sp³-hybridized carbons (Fsp3) is 0.737. The zero-order valence-corrected chi connectivity index (χ0v) is 13.7. The highest BCUT2D eigenvalue weighted by Crippen LogP contribution is 2.53. The summed E-state index contributed by atoms with van der Waals surface area (Å²) in [5, 5.41) is 0. The summed E-state index contributed by atoms with van der Waals surface area (Å²) in [5.74, 6) is 5.33. The lowest BCUT2D eigenvalue weighted by molar-refractivity contribution is -0.107. The van der Waals surface area contributed by atoms with Crippen LogP contribution < -0.4 is 4.90 Å². The van der Waals surface area contributed by atoms with Crippen LogP contribution in [0, 0.1) is 23.7 Å². The summed E-state index contributed by atoms with van der Waals surface area (Å²) in [4.78, 5) is 12.1. The van der Waals surface area contributed by atoms with E-state index in [4.69, 9.17) is 4.42 Å². The second kappa shape index (κ2) is 7.34. The van der Waals surface area contributed by atoms with Crippen LogP contribution >= 0.6 is 0 Å². The van der Waals surface area contributed by atoms with Crippen molar-refractivity contribution in [3.63, 3.8) is 0 Å². The van der Waals surface area contributed by atoms with E-state index in [1.807, 2.05) is 0 Å². The lowest BCUT2D eigenvalue weighted by Gasteiger charge is -2.49. The molecular weight excluding hydrogens is 274 g/mol. The molecule has 0 saturated heterocycles. The van der Waals surface area contributed by atoms with Gasteiger partial charge in [-0.25, -0.2) is 0 Å². The van der Waals surface area contributed by atoms with Crippen molar-refractivity contribution in [1.82, 2.24) is 0 Å². The molecule has 0 atom stereocenters. The second-order valence-electron chi connectivity index (χ2n) is 7.48. The highest BCUT2D eigenvalue weighted by molar-refractivity contribution is 5.71. The van der Waals surface area contributed by atoms with Gasteiger partial charge in [0.05, 0.1) is 6.26 Å². The van der Waals surface area contributed by atoms with Crippen molar-refractivity contribution < 1.29 is 9.21 Å². The average Bonchev–Trinajstić information content (AvgIpc) is 3.02. The number of furan rings is 1. The Balaban J connectivity index is 0.000000132. The van der Waals surface area contributed by atoms with E-state index in [0.29, 0.717) is 5.88 Å². The van der Waals surface area contributed by atoms with E-state index >= 15 is 0 Å². The lowest BCUT2D eigenvalue weighted by atomic mass is 9.56. The molecule has 5 rings (SSSR count). The van der Waals surface area contributed by atoms with Crippen LogP contribution in [-0.4, -0.2) is 13.0 Å². The molecule has 1 heterocycles. The summed E-state index contributed by atoms with van der Waals surface area (Å²) >= 11 is 0. The van der Waals surface area contributed by atoms with Gasteiger partial charge < -0.3 is 4.42 Å². The fourth-order valence-electron chi connectivity index (χ4n) is 4.96. The van der Waals surface area contributed by atoms with Gasteiger partial charge in [0.2, 0.25) is 12.3 Å². The van der Waals surface area contributed by atoms with E-state index in [0.717, 1.165) is 25.8 Å². The van der Waals surface area contributed by atoms with Crippen LogP contribution in [0.3, 0.4) is 0 Å². The number of hydrogen-bond donors (Lipinski definition) is 0. The van der Waals surface area contributed by atoms with E-state index in [9.17, 15) is 4.79 Å². The van der Waals surface area contributed by atoms with Gasteiger partial charge in [0.15, 0.2) is 0 Å². The largest absolute Gasteiger partial charge is 0.448 e. The number of amides is 1. The smallest absolute Gasteiger partial charge is 0.216 e. The van der Waals surface area contributed by atoms with Crippen LogP contribution in [0.1, 0.15) is 58.3 Å². The molecule has 4 aliphatic rings. The first-order chi connectivity index (χ1) is 10.8. The molecule has 4 saturated carbocycles. The quantitative estimate of drug-likeness (QED) is 0.727. The number of nitrogens with zero attached hydrogens (tertiary/aromatic N) is 1. The lowest BCUT2D eigenvalue weighted by Crippen LogP contribution is -2.38. The van der Waals surface area contributed by atoms with E-state index in [1.165, 1.54) is 23.7 Å². The number of hydrogen-bond acceptors (Lipinski definition) is 2. The Morgan fingerprint density at radius 3 is 2.00 bits per heavy atom.